The van der Waals surface area contributed by atoms with Crippen LogP contribution in [0.25, 0.3) is 0 Å². The largest absolute Gasteiger partial charge is 0.381 e. The van der Waals surface area contributed by atoms with Crippen molar-refractivity contribution in [2.45, 2.75) is 50.5 Å². The topological polar surface area (TPSA) is 35.2 Å². The van der Waals surface area contributed by atoms with Gasteiger partial charge >= 0.3 is 0 Å². The minimum absolute atomic E-state index is 0.324. The first-order valence-electron chi connectivity index (χ1n) is 7.75. The Balaban J connectivity index is 1.68. The number of ether oxygens (including phenoxy) is 1. The predicted molar refractivity (Wildman–Crippen MR) is 78.3 cm³/mol. The maximum absolute atomic E-state index is 6.55. The van der Waals surface area contributed by atoms with Crippen LogP contribution in [0.3, 0.4) is 0 Å². The molecule has 1 aromatic carbocycles. The summed E-state index contributed by atoms with van der Waals surface area (Å²) in [6, 6.07) is 9.22. The summed E-state index contributed by atoms with van der Waals surface area (Å²) in [5, 5.41) is 0. The van der Waals surface area contributed by atoms with Crippen molar-refractivity contribution in [2.75, 3.05) is 13.2 Å². The van der Waals surface area contributed by atoms with Gasteiger partial charge in [-0.15, -0.1) is 0 Å². The Labute approximate surface area is 116 Å². The molecule has 2 heteroatoms. The van der Waals surface area contributed by atoms with Crippen LogP contribution in [0.4, 0.5) is 0 Å². The van der Waals surface area contributed by atoms with E-state index in [1.54, 1.807) is 0 Å². The average molecular weight is 259 g/mol. The number of aryl methyl sites for hydroxylation is 1. The third-order valence-corrected chi connectivity index (χ3v) is 4.88. The van der Waals surface area contributed by atoms with Gasteiger partial charge < -0.3 is 10.5 Å². The molecule has 1 fully saturated rings. The van der Waals surface area contributed by atoms with Crippen LogP contribution in [0.15, 0.2) is 24.3 Å². The molecule has 2 atom stereocenters. The molecular formula is C17H25NO. The molecule has 2 aliphatic rings. The van der Waals surface area contributed by atoms with Gasteiger partial charge in [0.25, 0.3) is 0 Å². The van der Waals surface area contributed by atoms with Crippen molar-refractivity contribution in [3.63, 3.8) is 0 Å². The molecule has 3 rings (SSSR count). The maximum Gasteiger partial charge on any atom is 0.0468 e. The van der Waals surface area contributed by atoms with E-state index >= 15 is 0 Å². The van der Waals surface area contributed by atoms with Crippen molar-refractivity contribution in [1.82, 2.24) is 0 Å². The predicted octanol–water partition coefficient (Wildman–Crippen LogP) is 3.25. The quantitative estimate of drug-likeness (QED) is 0.904. The summed E-state index contributed by atoms with van der Waals surface area (Å²) in [6.07, 6.45) is 7.35. The summed E-state index contributed by atoms with van der Waals surface area (Å²) in [5.74, 6) is 1.35. The Morgan fingerprint density at radius 2 is 1.95 bits per heavy atom. The van der Waals surface area contributed by atoms with Gasteiger partial charge in [-0.3, -0.25) is 0 Å². The summed E-state index contributed by atoms with van der Waals surface area (Å²) < 4.78 is 5.44. The Kier molecular flexibility index (Phi) is 4.19. The van der Waals surface area contributed by atoms with Gasteiger partial charge in [-0.25, -0.2) is 0 Å². The van der Waals surface area contributed by atoms with Gasteiger partial charge in [-0.05, 0) is 61.5 Å². The molecule has 1 aliphatic heterocycles. The van der Waals surface area contributed by atoms with E-state index in [2.05, 4.69) is 24.3 Å². The summed E-state index contributed by atoms with van der Waals surface area (Å²) in [4.78, 5) is 0. The molecule has 1 aliphatic carbocycles. The van der Waals surface area contributed by atoms with Crippen LogP contribution in [0, 0.1) is 5.92 Å². The zero-order valence-electron chi connectivity index (χ0n) is 11.7. The maximum atomic E-state index is 6.55. The minimum Gasteiger partial charge on any atom is -0.381 e. The number of fused-ring (bicyclic) bond motifs is 1. The van der Waals surface area contributed by atoms with Crippen molar-refractivity contribution in [1.29, 1.82) is 0 Å². The smallest absolute Gasteiger partial charge is 0.0468 e. The van der Waals surface area contributed by atoms with Crippen LogP contribution in [0.1, 0.15) is 49.1 Å². The zero-order chi connectivity index (χ0) is 13.1. The first-order valence-corrected chi connectivity index (χ1v) is 7.75. The molecular weight excluding hydrogens is 234 g/mol. The molecule has 1 saturated heterocycles. The molecule has 0 radical (unpaired) electrons. The number of benzene rings is 1. The highest BCUT2D eigenvalue weighted by Crippen LogP contribution is 2.36. The fraction of sp³-hybridized carbons (Fsp3) is 0.647. The molecule has 2 unspecified atom stereocenters. The lowest BCUT2D eigenvalue weighted by molar-refractivity contribution is 0.0607. The molecule has 0 saturated carbocycles. The molecule has 1 aromatic rings. The van der Waals surface area contributed by atoms with Gasteiger partial charge in [0.15, 0.2) is 0 Å². The van der Waals surface area contributed by atoms with E-state index < -0.39 is 0 Å². The van der Waals surface area contributed by atoms with Crippen molar-refractivity contribution >= 4 is 0 Å². The second-order valence-corrected chi connectivity index (χ2v) is 6.15. The molecule has 0 bridgehead atoms. The highest BCUT2D eigenvalue weighted by atomic mass is 16.5. The van der Waals surface area contributed by atoms with Gasteiger partial charge in [-0.1, -0.05) is 24.3 Å². The van der Waals surface area contributed by atoms with E-state index in [0.717, 1.165) is 19.1 Å². The van der Waals surface area contributed by atoms with E-state index in [1.807, 2.05) is 0 Å². The Hall–Kier alpha value is -0.860. The van der Waals surface area contributed by atoms with Gasteiger partial charge in [0.2, 0.25) is 0 Å². The molecule has 0 aromatic heterocycles. The fourth-order valence-corrected chi connectivity index (χ4v) is 3.77. The monoisotopic (exact) mass is 259 g/mol. The second kappa shape index (κ2) is 6.06. The van der Waals surface area contributed by atoms with Crippen LogP contribution in [-0.2, 0) is 11.2 Å². The summed E-state index contributed by atoms with van der Waals surface area (Å²) in [7, 11) is 0. The van der Waals surface area contributed by atoms with E-state index in [0.29, 0.717) is 12.0 Å². The number of rotatable bonds is 3. The molecule has 19 heavy (non-hydrogen) atoms. The fourth-order valence-electron chi connectivity index (χ4n) is 3.77. The average Bonchev–Trinajstić information content (AvgIpc) is 2.47. The van der Waals surface area contributed by atoms with E-state index in [9.17, 15) is 0 Å². The van der Waals surface area contributed by atoms with Crippen LogP contribution >= 0.6 is 0 Å². The Morgan fingerprint density at radius 1 is 1.16 bits per heavy atom. The number of hydrogen-bond acceptors (Lipinski definition) is 2. The van der Waals surface area contributed by atoms with E-state index in [-0.39, 0.29) is 0 Å². The third kappa shape index (κ3) is 3.01. The normalized spacial score (nSPS) is 25.8. The van der Waals surface area contributed by atoms with Crippen molar-refractivity contribution in [3.05, 3.63) is 35.4 Å². The molecule has 0 amide bonds. The van der Waals surface area contributed by atoms with Crippen molar-refractivity contribution in [2.24, 2.45) is 11.7 Å². The Morgan fingerprint density at radius 3 is 2.79 bits per heavy atom. The minimum atomic E-state index is 0.324. The third-order valence-electron chi connectivity index (χ3n) is 4.88. The van der Waals surface area contributed by atoms with Crippen molar-refractivity contribution < 1.29 is 4.74 Å². The van der Waals surface area contributed by atoms with Gasteiger partial charge in [-0.2, -0.15) is 0 Å². The van der Waals surface area contributed by atoms with Gasteiger partial charge in [0, 0.05) is 19.3 Å². The number of nitrogens with two attached hydrogens (primary N) is 1. The zero-order valence-corrected chi connectivity index (χ0v) is 11.7. The standard InChI is InChI=1S/C17H25NO/c18-17(12-13-8-10-19-11-9-13)16-7-3-5-14-4-1-2-6-15(14)16/h1-2,4,6,13,16-17H,3,5,7-12,18H2. The highest BCUT2D eigenvalue weighted by Gasteiger charge is 2.27. The first kappa shape index (κ1) is 13.1. The van der Waals surface area contributed by atoms with Crippen LogP contribution in [-0.4, -0.2) is 19.3 Å². The van der Waals surface area contributed by atoms with E-state index in [1.165, 1.54) is 49.7 Å². The summed E-state index contributed by atoms with van der Waals surface area (Å²) >= 11 is 0. The lowest BCUT2D eigenvalue weighted by Gasteiger charge is -2.33. The summed E-state index contributed by atoms with van der Waals surface area (Å²) in [6.45, 7) is 1.86. The van der Waals surface area contributed by atoms with E-state index in [4.69, 9.17) is 10.5 Å². The van der Waals surface area contributed by atoms with Gasteiger partial charge in [0.05, 0.1) is 0 Å². The van der Waals surface area contributed by atoms with Crippen molar-refractivity contribution in [3.8, 4) is 0 Å². The van der Waals surface area contributed by atoms with Crippen LogP contribution in [0.5, 0.6) is 0 Å². The highest BCUT2D eigenvalue weighted by molar-refractivity contribution is 5.33. The Bertz CT molecular complexity index is 411. The summed E-state index contributed by atoms with van der Waals surface area (Å²) in [5.41, 5.74) is 9.60. The first-order chi connectivity index (χ1) is 9.34. The van der Waals surface area contributed by atoms with Gasteiger partial charge in [0.1, 0.15) is 0 Å². The second-order valence-electron chi connectivity index (χ2n) is 6.15. The molecule has 1 heterocycles. The SMILES string of the molecule is NC(CC1CCOCC1)C1CCCc2ccccc21. The van der Waals surface area contributed by atoms with Crippen LogP contribution < -0.4 is 5.73 Å². The molecule has 2 nitrogen and oxygen atoms in total. The lowest BCUT2D eigenvalue weighted by atomic mass is 9.76. The van der Waals surface area contributed by atoms with Crippen LogP contribution in [0.2, 0.25) is 0 Å². The lowest BCUT2D eigenvalue weighted by Crippen LogP contribution is -2.34. The molecule has 2 N–H and O–H groups in total. The molecule has 104 valence electrons. The number of hydrogen-bond donors (Lipinski definition) is 1. The molecule has 0 spiro atoms.